The number of hydrogen-bond acceptors (Lipinski definition) is 1. The molecular weight excluding hydrogens is 283 g/mol. The number of alkyl halides is 1. The molecule has 2 aromatic rings. The summed E-state index contributed by atoms with van der Waals surface area (Å²) in [6, 6.07) is 6.68. The maximum Gasteiger partial charge on any atom is 0.134 e. The van der Waals surface area contributed by atoms with Gasteiger partial charge in [0.1, 0.15) is 17.2 Å². The zero-order valence-corrected chi connectivity index (χ0v) is 11.2. The number of fused-ring (bicyclic) bond motifs is 1. The minimum absolute atomic E-state index is 0.206. The van der Waals surface area contributed by atoms with Crippen molar-refractivity contribution in [2.75, 3.05) is 0 Å². The molecule has 3 heteroatoms. The van der Waals surface area contributed by atoms with E-state index in [9.17, 15) is 4.39 Å². The van der Waals surface area contributed by atoms with Crippen molar-refractivity contribution in [2.45, 2.75) is 30.5 Å². The van der Waals surface area contributed by atoms with Crippen molar-refractivity contribution in [1.29, 1.82) is 0 Å². The van der Waals surface area contributed by atoms with E-state index in [4.69, 9.17) is 4.42 Å². The Morgan fingerprint density at radius 3 is 2.82 bits per heavy atom. The van der Waals surface area contributed by atoms with Crippen LogP contribution in [0.25, 0.3) is 11.0 Å². The summed E-state index contributed by atoms with van der Waals surface area (Å²) in [5.74, 6) is 1.82. The van der Waals surface area contributed by atoms with E-state index >= 15 is 0 Å². The van der Waals surface area contributed by atoms with Gasteiger partial charge in [0, 0.05) is 16.1 Å². The molecule has 3 rings (SSSR count). The Hall–Kier alpha value is -0.830. The number of benzene rings is 1. The normalized spacial score (nSPS) is 29.0. The Bertz CT molecular complexity index is 548. The lowest BCUT2D eigenvalue weighted by molar-refractivity contribution is 0.436. The fraction of sp³-hybridized carbons (Fsp3) is 0.429. The highest BCUT2D eigenvalue weighted by Gasteiger charge is 2.34. The van der Waals surface area contributed by atoms with Crippen molar-refractivity contribution >= 4 is 26.9 Å². The van der Waals surface area contributed by atoms with Crippen molar-refractivity contribution in [3.63, 3.8) is 0 Å². The standard InChI is InChI=1S/C14H14BrFO/c1-8-11(3-4-12(8)15)14-7-9-6-10(16)2-5-13(9)17-14/h2,5-8,11-12H,3-4H2,1H3. The summed E-state index contributed by atoms with van der Waals surface area (Å²) >= 11 is 3.70. The SMILES string of the molecule is CC1C(Br)CCC1c1cc2cc(F)ccc2o1. The lowest BCUT2D eigenvalue weighted by Gasteiger charge is -2.14. The zero-order valence-electron chi connectivity index (χ0n) is 9.62. The monoisotopic (exact) mass is 296 g/mol. The second-order valence-corrected chi connectivity index (χ2v) is 6.07. The first-order chi connectivity index (χ1) is 8.15. The highest BCUT2D eigenvalue weighted by molar-refractivity contribution is 9.09. The summed E-state index contributed by atoms with van der Waals surface area (Å²) in [7, 11) is 0. The summed E-state index contributed by atoms with van der Waals surface area (Å²) in [5.41, 5.74) is 0.784. The summed E-state index contributed by atoms with van der Waals surface area (Å²) in [4.78, 5) is 0.567. The van der Waals surface area contributed by atoms with E-state index in [0.29, 0.717) is 16.7 Å². The third kappa shape index (κ3) is 1.90. The van der Waals surface area contributed by atoms with Crippen molar-refractivity contribution in [2.24, 2.45) is 5.92 Å². The molecule has 3 atom stereocenters. The smallest absolute Gasteiger partial charge is 0.134 e. The predicted octanol–water partition coefficient (Wildman–Crippen LogP) is 4.85. The van der Waals surface area contributed by atoms with E-state index in [1.165, 1.54) is 18.6 Å². The lowest BCUT2D eigenvalue weighted by Crippen LogP contribution is -2.08. The highest BCUT2D eigenvalue weighted by Crippen LogP contribution is 2.44. The second-order valence-electron chi connectivity index (χ2n) is 4.89. The number of hydrogen-bond donors (Lipinski definition) is 0. The Morgan fingerprint density at radius 2 is 2.12 bits per heavy atom. The fourth-order valence-electron chi connectivity index (χ4n) is 2.74. The molecular formula is C14H14BrFO. The van der Waals surface area contributed by atoms with Crippen LogP contribution in [0.4, 0.5) is 4.39 Å². The molecule has 1 aromatic heterocycles. The molecule has 1 aliphatic rings. The van der Waals surface area contributed by atoms with Crippen LogP contribution in [0.1, 0.15) is 31.4 Å². The fourth-order valence-corrected chi connectivity index (χ4v) is 3.37. The second kappa shape index (κ2) is 4.13. The van der Waals surface area contributed by atoms with Gasteiger partial charge in [-0.1, -0.05) is 22.9 Å². The molecule has 0 aliphatic heterocycles. The van der Waals surface area contributed by atoms with Crippen LogP contribution in [-0.4, -0.2) is 4.83 Å². The number of furan rings is 1. The first-order valence-electron chi connectivity index (χ1n) is 5.98. The van der Waals surface area contributed by atoms with Gasteiger partial charge in [-0.25, -0.2) is 4.39 Å². The van der Waals surface area contributed by atoms with Gasteiger partial charge in [0.15, 0.2) is 0 Å². The van der Waals surface area contributed by atoms with Gasteiger partial charge in [0.05, 0.1) is 0 Å². The topological polar surface area (TPSA) is 13.1 Å². The maximum atomic E-state index is 13.1. The van der Waals surface area contributed by atoms with Crippen LogP contribution in [0.3, 0.4) is 0 Å². The molecule has 90 valence electrons. The molecule has 0 spiro atoms. The van der Waals surface area contributed by atoms with E-state index in [-0.39, 0.29) is 5.82 Å². The Morgan fingerprint density at radius 1 is 1.29 bits per heavy atom. The molecule has 0 saturated heterocycles. The summed E-state index contributed by atoms with van der Waals surface area (Å²) in [6.45, 7) is 2.24. The van der Waals surface area contributed by atoms with Gasteiger partial charge in [-0.15, -0.1) is 0 Å². The van der Waals surface area contributed by atoms with Gasteiger partial charge in [-0.2, -0.15) is 0 Å². The molecule has 1 nitrogen and oxygen atoms in total. The van der Waals surface area contributed by atoms with Crippen molar-refractivity contribution in [1.82, 2.24) is 0 Å². The van der Waals surface area contributed by atoms with Gasteiger partial charge < -0.3 is 4.42 Å². The van der Waals surface area contributed by atoms with E-state index in [1.54, 1.807) is 6.07 Å². The summed E-state index contributed by atoms with van der Waals surface area (Å²) in [6.07, 6.45) is 2.32. The molecule has 17 heavy (non-hydrogen) atoms. The first-order valence-corrected chi connectivity index (χ1v) is 6.90. The third-order valence-electron chi connectivity index (χ3n) is 3.82. The van der Waals surface area contributed by atoms with Crippen LogP contribution in [0.2, 0.25) is 0 Å². The van der Waals surface area contributed by atoms with Crippen LogP contribution in [0, 0.1) is 11.7 Å². The molecule has 1 aliphatic carbocycles. The average Bonchev–Trinajstić information content (AvgIpc) is 2.83. The molecule has 1 heterocycles. The van der Waals surface area contributed by atoms with Crippen LogP contribution >= 0.6 is 15.9 Å². The quantitative estimate of drug-likeness (QED) is 0.686. The molecule has 0 radical (unpaired) electrons. The molecule has 1 fully saturated rings. The Kier molecular flexibility index (Phi) is 2.74. The molecule has 0 N–H and O–H groups in total. The van der Waals surface area contributed by atoms with E-state index in [0.717, 1.165) is 23.2 Å². The largest absolute Gasteiger partial charge is 0.461 e. The van der Waals surface area contributed by atoms with Gasteiger partial charge in [-0.3, -0.25) is 0 Å². The van der Waals surface area contributed by atoms with Crippen LogP contribution < -0.4 is 0 Å². The third-order valence-corrected chi connectivity index (χ3v) is 5.11. The highest BCUT2D eigenvalue weighted by atomic mass is 79.9. The van der Waals surface area contributed by atoms with E-state index < -0.39 is 0 Å². The lowest BCUT2D eigenvalue weighted by atomic mass is 9.95. The van der Waals surface area contributed by atoms with Gasteiger partial charge >= 0.3 is 0 Å². The minimum atomic E-state index is -0.206. The van der Waals surface area contributed by atoms with Gasteiger partial charge in [0.2, 0.25) is 0 Å². The summed E-state index contributed by atoms with van der Waals surface area (Å²) in [5, 5.41) is 0.866. The van der Waals surface area contributed by atoms with Gasteiger partial charge in [-0.05, 0) is 43.0 Å². The van der Waals surface area contributed by atoms with Crippen molar-refractivity contribution in [3.05, 3.63) is 35.8 Å². The predicted molar refractivity (Wildman–Crippen MR) is 70.0 cm³/mol. The van der Waals surface area contributed by atoms with Crippen LogP contribution in [-0.2, 0) is 0 Å². The summed E-state index contributed by atoms with van der Waals surface area (Å²) < 4.78 is 19.0. The van der Waals surface area contributed by atoms with Gasteiger partial charge in [0.25, 0.3) is 0 Å². The van der Waals surface area contributed by atoms with E-state index in [2.05, 4.69) is 22.9 Å². The Balaban J connectivity index is 2.01. The maximum absolute atomic E-state index is 13.1. The van der Waals surface area contributed by atoms with Crippen molar-refractivity contribution < 1.29 is 8.81 Å². The number of halogens is 2. The molecule has 1 saturated carbocycles. The zero-order chi connectivity index (χ0) is 12.0. The van der Waals surface area contributed by atoms with Crippen LogP contribution in [0.15, 0.2) is 28.7 Å². The number of rotatable bonds is 1. The van der Waals surface area contributed by atoms with Crippen LogP contribution in [0.5, 0.6) is 0 Å². The van der Waals surface area contributed by atoms with Crippen molar-refractivity contribution in [3.8, 4) is 0 Å². The van der Waals surface area contributed by atoms with E-state index in [1.807, 2.05) is 6.07 Å². The first kappa shape index (κ1) is 11.3. The Labute approximate surface area is 108 Å². The minimum Gasteiger partial charge on any atom is -0.461 e. The molecule has 0 bridgehead atoms. The molecule has 3 unspecified atom stereocenters. The molecule has 0 amide bonds. The molecule has 1 aromatic carbocycles. The average molecular weight is 297 g/mol.